The molecule has 2 N–H and O–H groups in total. The van der Waals surface area contributed by atoms with Crippen molar-refractivity contribution in [2.45, 2.75) is 11.5 Å². The van der Waals surface area contributed by atoms with E-state index in [4.69, 9.17) is 5.11 Å². The van der Waals surface area contributed by atoms with Gasteiger partial charge in [-0.05, 0) is 18.2 Å². The third-order valence-electron chi connectivity index (χ3n) is 2.33. The molecule has 2 aromatic rings. The molecule has 20 heavy (non-hydrogen) atoms. The summed E-state index contributed by atoms with van der Waals surface area (Å²) in [5.41, 5.74) is -0.131. The first kappa shape index (κ1) is 14.8. The van der Waals surface area contributed by atoms with Crippen LogP contribution in [-0.2, 0) is 16.6 Å². The highest BCUT2D eigenvalue weighted by Gasteiger charge is 2.23. The first-order chi connectivity index (χ1) is 9.44. The van der Waals surface area contributed by atoms with E-state index in [1.54, 1.807) is 0 Å². The Balaban J connectivity index is 2.47. The summed E-state index contributed by atoms with van der Waals surface area (Å²) in [7, 11) is -4.19. The van der Waals surface area contributed by atoms with Crippen molar-refractivity contribution in [2.75, 3.05) is 4.72 Å². The number of sulfonamides is 1. The largest absolute Gasteiger partial charge is 0.392 e. The van der Waals surface area contributed by atoms with Crippen molar-refractivity contribution in [3.63, 3.8) is 0 Å². The van der Waals surface area contributed by atoms with Crippen molar-refractivity contribution in [3.05, 3.63) is 46.4 Å². The molecule has 6 nitrogen and oxygen atoms in total. The molecular weight excluding hydrogens is 353 g/mol. The van der Waals surface area contributed by atoms with Crippen LogP contribution in [-0.4, -0.2) is 23.5 Å². The van der Waals surface area contributed by atoms with Gasteiger partial charge in [0.15, 0.2) is 0 Å². The van der Waals surface area contributed by atoms with Crippen LogP contribution in [0, 0.1) is 5.82 Å². The van der Waals surface area contributed by atoms with Gasteiger partial charge in [-0.15, -0.1) is 0 Å². The third kappa shape index (κ3) is 3.11. The van der Waals surface area contributed by atoms with Crippen LogP contribution in [0.5, 0.6) is 0 Å². The quantitative estimate of drug-likeness (QED) is 0.863. The maximum Gasteiger partial charge on any atom is 0.267 e. The number of hydrogen-bond donors (Lipinski definition) is 2. The van der Waals surface area contributed by atoms with E-state index >= 15 is 0 Å². The van der Waals surface area contributed by atoms with E-state index in [1.165, 1.54) is 24.5 Å². The molecule has 0 amide bonds. The van der Waals surface area contributed by atoms with Gasteiger partial charge in [-0.3, -0.25) is 0 Å². The smallest absolute Gasteiger partial charge is 0.267 e. The third-order valence-corrected chi connectivity index (χ3v) is 4.12. The highest BCUT2D eigenvalue weighted by atomic mass is 79.9. The highest BCUT2D eigenvalue weighted by Crippen LogP contribution is 2.25. The number of hydrogen-bond acceptors (Lipinski definition) is 5. The van der Waals surface area contributed by atoms with Gasteiger partial charge in [-0.2, -0.15) is 0 Å². The molecule has 0 bridgehead atoms. The standard InChI is InChI=1S/C11H9BrFN3O3S/c12-8-4-7(6-17)10(13)9(5-8)20(18,19)16-11-14-2-1-3-15-11/h1-5,17H,6H2,(H,14,15,16). The molecule has 9 heteroatoms. The number of anilines is 1. The average molecular weight is 362 g/mol. The molecule has 0 spiro atoms. The monoisotopic (exact) mass is 361 g/mol. The van der Waals surface area contributed by atoms with E-state index in [-0.39, 0.29) is 11.5 Å². The molecule has 1 heterocycles. The Morgan fingerprint density at radius 3 is 2.55 bits per heavy atom. The number of nitrogens with one attached hydrogen (secondary N) is 1. The Morgan fingerprint density at radius 1 is 1.30 bits per heavy atom. The summed E-state index contributed by atoms with van der Waals surface area (Å²) in [4.78, 5) is 6.80. The van der Waals surface area contributed by atoms with Crippen LogP contribution in [0.1, 0.15) is 5.56 Å². The molecule has 0 aliphatic carbocycles. The minimum atomic E-state index is -4.19. The van der Waals surface area contributed by atoms with E-state index in [9.17, 15) is 12.8 Å². The minimum absolute atomic E-state index is 0.131. The van der Waals surface area contributed by atoms with Crippen molar-refractivity contribution in [2.24, 2.45) is 0 Å². The molecule has 1 aromatic carbocycles. The van der Waals surface area contributed by atoms with Crippen LogP contribution in [0.25, 0.3) is 0 Å². The fraction of sp³-hybridized carbons (Fsp3) is 0.0909. The summed E-state index contributed by atoms with van der Waals surface area (Å²) in [5.74, 6) is -1.18. The molecule has 0 fully saturated rings. The molecule has 106 valence electrons. The van der Waals surface area contributed by atoms with Gasteiger partial charge < -0.3 is 5.11 Å². The van der Waals surface area contributed by atoms with Crippen molar-refractivity contribution < 1.29 is 17.9 Å². The summed E-state index contributed by atoms with van der Waals surface area (Å²) in [6.07, 6.45) is 2.70. The topological polar surface area (TPSA) is 92.2 Å². The van der Waals surface area contributed by atoms with E-state index in [0.29, 0.717) is 4.47 Å². The van der Waals surface area contributed by atoms with E-state index in [0.717, 1.165) is 6.07 Å². The number of halogens is 2. The summed E-state index contributed by atoms with van der Waals surface area (Å²) in [6, 6.07) is 3.91. The Labute approximate surface area is 122 Å². The number of nitrogens with zero attached hydrogens (tertiary/aromatic N) is 2. The second kappa shape index (κ2) is 5.81. The van der Waals surface area contributed by atoms with Crippen LogP contribution >= 0.6 is 15.9 Å². The summed E-state index contributed by atoms with van der Waals surface area (Å²) in [6.45, 7) is -0.615. The van der Waals surface area contributed by atoms with Crippen LogP contribution in [0.4, 0.5) is 10.3 Å². The fourth-order valence-electron chi connectivity index (χ4n) is 1.46. The van der Waals surface area contributed by atoms with Crippen molar-refractivity contribution >= 4 is 31.9 Å². The van der Waals surface area contributed by atoms with Crippen LogP contribution in [0.15, 0.2) is 40.0 Å². The summed E-state index contributed by atoms with van der Waals surface area (Å²) < 4.78 is 40.6. The lowest BCUT2D eigenvalue weighted by Gasteiger charge is -2.10. The molecule has 0 saturated heterocycles. The Morgan fingerprint density at radius 2 is 1.95 bits per heavy atom. The van der Waals surface area contributed by atoms with Gasteiger partial charge >= 0.3 is 0 Å². The fourth-order valence-corrected chi connectivity index (χ4v) is 3.22. The summed E-state index contributed by atoms with van der Waals surface area (Å²) >= 11 is 3.06. The molecule has 0 saturated carbocycles. The molecule has 0 atom stereocenters. The number of aliphatic hydroxyl groups excluding tert-OH is 1. The molecule has 2 rings (SSSR count). The molecule has 0 aliphatic rings. The predicted octanol–water partition coefficient (Wildman–Crippen LogP) is 1.67. The number of aliphatic hydroxyl groups is 1. The van der Waals surface area contributed by atoms with Crippen LogP contribution in [0.3, 0.4) is 0 Å². The predicted molar refractivity (Wildman–Crippen MR) is 72.9 cm³/mol. The van der Waals surface area contributed by atoms with Crippen molar-refractivity contribution in [1.82, 2.24) is 9.97 Å². The Hall–Kier alpha value is -1.58. The Bertz CT molecular complexity index is 725. The summed E-state index contributed by atoms with van der Waals surface area (Å²) in [5, 5.41) is 9.02. The van der Waals surface area contributed by atoms with Crippen molar-refractivity contribution in [3.8, 4) is 0 Å². The van der Waals surface area contributed by atoms with E-state index < -0.39 is 27.3 Å². The first-order valence-corrected chi connectivity index (χ1v) is 7.60. The second-order valence-electron chi connectivity index (χ2n) is 3.71. The maximum atomic E-state index is 14.0. The van der Waals surface area contributed by atoms with Gasteiger partial charge in [-0.1, -0.05) is 15.9 Å². The zero-order valence-electron chi connectivity index (χ0n) is 9.92. The molecule has 1 aromatic heterocycles. The van der Waals surface area contributed by atoms with Gasteiger partial charge in [0.05, 0.1) is 6.61 Å². The van der Waals surface area contributed by atoms with Crippen LogP contribution < -0.4 is 4.72 Å². The van der Waals surface area contributed by atoms with Gasteiger partial charge in [0, 0.05) is 22.4 Å². The zero-order valence-corrected chi connectivity index (χ0v) is 12.3. The number of aromatic nitrogens is 2. The zero-order chi connectivity index (χ0) is 14.8. The maximum absolute atomic E-state index is 14.0. The minimum Gasteiger partial charge on any atom is -0.392 e. The molecule has 0 aliphatic heterocycles. The van der Waals surface area contributed by atoms with E-state index in [1.807, 2.05) is 0 Å². The molecule has 0 radical (unpaired) electrons. The normalized spacial score (nSPS) is 11.3. The Kier molecular flexibility index (Phi) is 4.31. The lowest BCUT2D eigenvalue weighted by molar-refractivity contribution is 0.274. The van der Waals surface area contributed by atoms with Gasteiger partial charge in [-0.25, -0.2) is 27.5 Å². The average Bonchev–Trinajstić information content (AvgIpc) is 2.41. The lowest BCUT2D eigenvalue weighted by Crippen LogP contribution is -2.17. The first-order valence-electron chi connectivity index (χ1n) is 5.32. The van der Waals surface area contributed by atoms with Crippen LogP contribution in [0.2, 0.25) is 0 Å². The molecule has 0 unspecified atom stereocenters. The van der Waals surface area contributed by atoms with Gasteiger partial charge in [0.25, 0.3) is 10.0 Å². The molecular formula is C11H9BrFN3O3S. The number of rotatable bonds is 4. The van der Waals surface area contributed by atoms with E-state index in [2.05, 4.69) is 30.6 Å². The van der Waals surface area contributed by atoms with Crippen molar-refractivity contribution in [1.29, 1.82) is 0 Å². The highest BCUT2D eigenvalue weighted by molar-refractivity contribution is 9.10. The van der Waals surface area contributed by atoms with Gasteiger partial charge in [0.2, 0.25) is 5.95 Å². The number of benzene rings is 1. The SMILES string of the molecule is O=S(=O)(Nc1ncccn1)c1cc(Br)cc(CO)c1F. The van der Waals surface area contributed by atoms with Gasteiger partial charge in [0.1, 0.15) is 10.7 Å². The second-order valence-corrected chi connectivity index (χ2v) is 6.28. The lowest BCUT2D eigenvalue weighted by atomic mass is 10.2.